The van der Waals surface area contributed by atoms with Crippen LogP contribution in [0.4, 0.5) is 20.3 Å². The molecule has 9 nitrogen and oxygen atoms in total. The van der Waals surface area contributed by atoms with Crippen molar-refractivity contribution in [2.45, 2.75) is 13.3 Å². The minimum absolute atomic E-state index is 0.0290. The fourth-order valence-corrected chi connectivity index (χ4v) is 5.28. The molecule has 0 aliphatic rings. The number of halogens is 3. The number of benzene rings is 1. The Balaban J connectivity index is 2.00. The van der Waals surface area contributed by atoms with E-state index in [2.05, 4.69) is 15.3 Å². The second-order valence-electron chi connectivity index (χ2n) is 7.03. The SMILES string of the molecule is CNc1c(-c2ccc(Cl)cc2F)ncc(Cc2ccnc(NS(=O)(=O)S(=O)(=O)NC)c2F)c1C. The van der Waals surface area contributed by atoms with Gasteiger partial charge in [-0.15, -0.1) is 0 Å². The smallest absolute Gasteiger partial charge is 0.354 e. The molecule has 0 saturated heterocycles. The van der Waals surface area contributed by atoms with Crippen molar-refractivity contribution in [3.05, 3.63) is 70.0 Å². The number of nitrogens with zero attached hydrogens (tertiary/aromatic N) is 2. The molecule has 0 atom stereocenters. The van der Waals surface area contributed by atoms with Crippen LogP contribution in [-0.4, -0.2) is 40.9 Å². The largest absolute Gasteiger partial charge is 0.386 e. The molecule has 3 aromatic rings. The monoisotopic (exact) mass is 531 g/mol. The van der Waals surface area contributed by atoms with E-state index in [4.69, 9.17) is 11.6 Å². The Morgan fingerprint density at radius 1 is 1.00 bits per heavy atom. The summed E-state index contributed by atoms with van der Waals surface area (Å²) in [4.78, 5) is 7.94. The van der Waals surface area contributed by atoms with Crippen LogP contribution in [0.3, 0.4) is 0 Å². The number of nitrogens with one attached hydrogen (secondary N) is 3. The fourth-order valence-electron chi connectivity index (χ4n) is 3.19. The van der Waals surface area contributed by atoms with Crippen molar-refractivity contribution >= 4 is 41.2 Å². The quantitative estimate of drug-likeness (QED) is 0.380. The molecule has 0 aliphatic carbocycles. The van der Waals surface area contributed by atoms with Crippen LogP contribution in [0.15, 0.2) is 36.7 Å². The summed E-state index contributed by atoms with van der Waals surface area (Å²) in [7, 11) is -7.25. The molecule has 0 amide bonds. The van der Waals surface area contributed by atoms with E-state index in [0.717, 1.165) is 13.2 Å². The molecule has 0 unspecified atom stereocenters. The number of hydrogen-bond acceptors (Lipinski definition) is 7. The van der Waals surface area contributed by atoms with Gasteiger partial charge in [0.2, 0.25) is 0 Å². The molecule has 2 heterocycles. The summed E-state index contributed by atoms with van der Waals surface area (Å²) in [6.07, 6.45) is 2.56. The Kier molecular flexibility index (Phi) is 7.41. The summed E-state index contributed by atoms with van der Waals surface area (Å²) in [5.74, 6) is -2.37. The molecule has 182 valence electrons. The van der Waals surface area contributed by atoms with Gasteiger partial charge in [0, 0.05) is 36.4 Å². The van der Waals surface area contributed by atoms with Gasteiger partial charge in [-0.1, -0.05) is 11.6 Å². The molecule has 2 aromatic heterocycles. The summed E-state index contributed by atoms with van der Waals surface area (Å²) in [6, 6.07) is 5.53. The van der Waals surface area contributed by atoms with E-state index in [0.29, 0.717) is 22.5 Å². The van der Waals surface area contributed by atoms with Gasteiger partial charge in [0.25, 0.3) is 0 Å². The van der Waals surface area contributed by atoms with E-state index in [1.165, 1.54) is 30.5 Å². The molecule has 34 heavy (non-hydrogen) atoms. The van der Waals surface area contributed by atoms with Crippen molar-refractivity contribution < 1.29 is 25.6 Å². The van der Waals surface area contributed by atoms with Gasteiger partial charge < -0.3 is 5.32 Å². The van der Waals surface area contributed by atoms with Crippen molar-refractivity contribution in [2.24, 2.45) is 0 Å². The molecule has 3 rings (SSSR count). The van der Waals surface area contributed by atoms with Crippen molar-refractivity contribution in [3.8, 4) is 11.3 Å². The summed E-state index contributed by atoms with van der Waals surface area (Å²) >= 11 is 5.83. The predicted octanol–water partition coefficient (Wildman–Crippen LogP) is 3.22. The maximum absolute atomic E-state index is 15.0. The average molecular weight is 532 g/mol. The van der Waals surface area contributed by atoms with E-state index in [9.17, 15) is 21.2 Å². The van der Waals surface area contributed by atoms with Crippen LogP contribution in [0.25, 0.3) is 11.3 Å². The predicted molar refractivity (Wildman–Crippen MR) is 126 cm³/mol. The average Bonchev–Trinajstić information content (AvgIpc) is 2.77. The zero-order valence-corrected chi connectivity index (χ0v) is 20.5. The summed E-state index contributed by atoms with van der Waals surface area (Å²) in [5.41, 5.74) is 2.31. The van der Waals surface area contributed by atoms with Crippen molar-refractivity contribution in [1.29, 1.82) is 0 Å². The van der Waals surface area contributed by atoms with Gasteiger partial charge in [0.1, 0.15) is 5.82 Å². The second-order valence-corrected chi connectivity index (χ2v) is 12.5. The van der Waals surface area contributed by atoms with Gasteiger partial charge in [-0.25, -0.2) is 18.5 Å². The summed E-state index contributed by atoms with van der Waals surface area (Å²) < 4.78 is 80.1. The molecular formula is C20H20ClF2N5O4S2. The molecule has 14 heteroatoms. The molecule has 3 N–H and O–H groups in total. The molecule has 0 aliphatic heterocycles. The fraction of sp³-hybridized carbons (Fsp3) is 0.200. The molecule has 0 fully saturated rings. The van der Waals surface area contributed by atoms with E-state index in [1.54, 1.807) is 23.4 Å². The second kappa shape index (κ2) is 9.78. The first-order chi connectivity index (χ1) is 15.9. The van der Waals surface area contributed by atoms with E-state index < -0.39 is 35.6 Å². The third-order valence-electron chi connectivity index (χ3n) is 4.99. The lowest BCUT2D eigenvalue weighted by Gasteiger charge is -2.16. The Hall–Kier alpha value is -2.87. The van der Waals surface area contributed by atoms with E-state index in [1.807, 2.05) is 0 Å². The first kappa shape index (κ1) is 25.7. The number of hydrogen-bond donors (Lipinski definition) is 3. The van der Waals surface area contributed by atoms with Crippen LogP contribution in [0.1, 0.15) is 16.7 Å². The highest BCUT2D eigenvalue weighted by Crippen LogP contribution is 2.34. The highest BCUT2D eigenvalue weighted by Gasteiger charge is 2.30. The minimum atomic E-state index is -5.00. The third kappa shape index (κ3) is 4.97. The third-order valence-corrected chi connectivity index (χ3v) is 9.23. The normalized spacial score (nSPS) is 11.9. The van der Waals surface area contributed by atoms with Crippen LogP contribution < -0.4 is 14.8 Å². The van der Waals surface area contributed by atoms with Crippen LogP contribution in [0, 0.1) is 18.6 Å². The first-order valence-corrected chi connectivity index (χ1v) is 13.5. The summed E-state index contributed by atoms with van der Waals surface area (Å²) in [6.45, 7) is 1.74. The summed E-state index contributed by atoms with van der Waals surface area (Å²) in [5, 5.41) is 3.22. The van der Waals surface area contributed by atoms with Crippen molar-refractivity contribution in [3.63, 3.8) is 0 Å². The number of anilines is 2. The minimum Gasteiger partial charge on any atom is -0.386 e. The zero-order chi connectivity index (χ0) is 25.3. The molecule has 0 saturated carbocycles. The molecular weight excluding hydrogens is 512 g/mol. The highest BCUT2D eigenvalue weighted by atomic mass is 35.5. The molecule has 0 radical (unpaired) electrons. The Morgan fingerprint density at radius 3 is 2.32 bits per heavy atom. The van der Waals surface area contributed by atoms with Gasteiger partial charge in [0.15, 0.2) is 11.6 Å². The molecule has 1 aromatic carbocycles. The maximum atomic E-state index is 15.0. The standard InChI is InChI=1S/C20H20ClF2N5O4S2/c1-11-13(10-27-19(18(11)24-2)15-5-4-14(21)9-16(15)22)8-12-6-7-26-20(17(12)23)28-34(31,32)33(29,30)25-3/h4-7,9-10,24-25H,8H2,1-3H3,(H,26,28). The molecule has 0 bridgehead atoms. The lowest BCUT2D eigenvalue weighted by molar-refractivity contribution is 0.579. The maximum Gasteiger partial charge on any atom is 0.354 e. The van der Waals surface area contributed by atoms with Gasteiger partial charge >= 0.3 is 18.1 Å². The van der Waals surface area contributed by atoms with Crippen LogP contribution >= 0.6 is 11.6 Å². The van der Waals surface area contributed by atoms with Crippen molar-refractivity contribution in [1.82, 2.24) is 14.7 Å². The van der Waals surface area contributed by atoms with Gasteiger partial charge in [-0.3, -0.25) is 9.71 Å². The molecule has 0 spiro atoms. The number of aromatic nitrogens is 2. The lowest BCUT2D eigenvalue weighted by atomic mass is 9.98. The van der Waals surface area contributed by atoms with Gasteiger partial charge in [-0.05, 0) is 54.9 Å². The van der Waals surface area contributed by atoms with Crippen LogP contribution in [0.2, 0.25) is 5.02 Å². The van der Waals surface area contributed by atoms with E-state index in [-0.39, 0.29) is 22.6 Å². The first-order valence-electron chi connectivity index (χ1n) is 9.63. The Morgan fingerprint density at radius 2 is 1.71 bits per heavy atom. The topological polar surface area (TPSA) is 130 Å². The van der Waals surface area contributed by atoms with E-state index >= 15 is 4.39 Å². The van der Waals surface area contributed by atoms with Crippen LogP contribution in [0.5, 0.6) is 0 Å². The Labute approximate surface area is 200 Å². The lowest BCUT2D eigenvalue weighted by Crippen LogP contribution is -2.33. The highest BCUT2D eigenvalue weighted by molar-refractivity contribution is 8.66. The van der Waals surface area contributed by atoms with Gasteiger partial charge in [0.05, 0.1) is 11.4 Å². The zero-order valence-electron chi connectivity index (χ0n) is 18.1. The van der Waals surface area contributed by atoms with Crippen molar-refractivity contribution in [2.75, 3.05) is 24.1 Å². The van der Waals surface area contributed by atoms with Crippen LogP contribution in [-0.2, 0) is 24.5 Å². The number of pyridine rings is 2. The van der Waals surface area contributed by atoms with Gasteiger partial charge in [-0.2, -0.15) is 16.8 Å². The Bertz CT molecular complexity index is 1470. The number of rotatable bonds is 8.